The van der Waals surface area contributed by atoms with E-state index in [0.29, 0.717) is 29.6 Å². The van der Waals surface area contributed by atoms with Crippen LogP contribution in [0.1, 0.15) is 98.8 Å². The predicted molar refractivity (Wildman–Crippen MR) is 153 cm³/mol. The summed E-state index contributed by atoms with van der Waals surface area (Å²) < 4.78 is 11.8. The van der Waals surface area contributed by atoms with Crippen molar-refractivity contribution in [2.45, 2.75) is 142 Å². The van der Waals surface area contributed by atoms with Gasteiger partial charge < -0.3 is 35.0 Å². The van der Waals surface area contributed by atoms with Gasteiger partial charge in [0.1, 0.15) is 24.4 Å². The number of aliphatic hydroxyl groups excluding tert-OH is 5. The van der Waals surface area contributed by atoms with Crippen molar-refractivity contribution in [1.82, 2.24) is 0 Å². The molecule has 0 aromatic heterocycles. The van der Waals surface area contributed by atoms with Gasteiger partial charge in [0, 0.05) is 0 Å². The van der Waals surface area contributed by atoms with Gasteiger partial charge in [0.2, 0.25) is 0 Å². The molecule has 40 heavy (non-hydrogen) atoms. The van der Waals surface area contributed by atoms with Gasteiger partial charge in [-0.05, 0) is 91.3 Å². The van der Waals surface area contributed by atoms with Crippen LogP contribution >= 0.6 is 0 Å². The summed E-state index contributed by atoms with van der Waals surface area (Å²) in [5.41, 5.74) is 1.59. The fraction of sp³-hybridized carbons (Fsp3) is 0.939. The van der Waals surface area contributed by atoms with Gasteiger partial charge in [-0.15, -0.1) is 0 Å². The molecule has 5 rings (SSSR count). The maximum Gasteiger partial charge on any atom is 0.186 e. The van der Waals surface area contributed by atoms with Crippen molar-refractivity contribution < 1.29 is 35.0 Å². The first-order valence-electron chi connectivity index (χ1n) is 16.3. The van der Waals surface area contributed by atoms with E-state index in [0.717, 1.165) is 37.0 Å². The van der Waals surface area contributed by atoms with Gasteiger partial charge in [0.25, 0.3) is 0 Å². The third kappa shape index (κ3) is 5.35. The SMILES string of the molecule is CC(C)CCC[C@@H](C)[C@H]1CC[C@H]2[C@@H]3[C@@H](O)C=C4C[C@@H](O[C@H]5O[C@H](CO)[C@H](O)[C@H](O)[C@@H]5O)CC[C@]4(C)[C@H]3CC[C@]12C. The zero-order chi connectivity index (χ0) is 29.0. The molecule has 0 spiro atoms. The molecule has 0 aromatic carbocycles. The summed E-state index contributed by atoms with van der Waals surface area (Å²) in [5, 5.41) is 52.0. The van der Waals surface area contributed by atoms with Crippen LogP contribution in [-0.4, -0.2) is 75.1 Å². The Bertz CT molecular complexity index is 905. The van der Waals surface area contributed by atoms with Crippen LogP contribution in [0.4, 0.5) is 0 Å². The van der Waals surface area contributed by atoms with Crippen molar-refractivity contribution in [3.63, 3.8) is 0 Å². The van der Waals surface area contributed by atoms with Gasteiger partial charge >= 0.3 is 0 Å². The Morgan fingerprint density at radius 2 is 1.68 bits per heavy atom. The molecule has 1 aliphatic heterocycles. The first-order chi connectivity index (χ1) is 18.9. The first kappa shape index (κ1) is 30.9. The van der Waals surface area contributed by atoms with Crippen LogP contribution in [0.5, 0.6) is 0 Å². The molecule has 0 aromatic rings. The summed E-state index contributed by atoms with van der Waals surface area (Å²) in [7, 11) is 0. The molecule has 4 fully saturated rings. The Balaban J connectivity index is 1.28. The van der Waals surface area contributed by atoms with Gasteiger partial charge in [-0.2, -0.15) is 0 Å². The number of ether oxygens (including phenoxy) is 2. The lowest BCUT2D eigenvalue weighted by Gasteiger charge is -2.59. The predicted octanol–water partition coefficient (Wildman–Crippen LogP) is 4.18. The fourth-order valence-corrected chi connectivity index (χ4v) is 10.1. The highest BCUT2D eigenvalue weighted by Crippen LogP contribution is 2.67. The lowest BCUT2D eigenvalue weighted by molar-refractivity contribution is -0.313. The molecule has 3 saturated carbocycles. The highest BCUT2D eigenvalue weighted by atomic mass is 16.7. The quantitative estimate of drug-likeness (QED) is 0.281. The normalized spacial score (nSPS) is 49.7. The third-order valence-corrected chi connectivity index (χ3v) is 12.5. The summed E-state index contributed by atoms with van der Waals surface area (Å²) >= 11 is 0. The molecule has 7 nitrogen and oxygen atoms in total. The third-order valence-electron chi connectivity index (χ3n) is 12.5. The Morgan fingerprint density at radius 1 is 0.925 bits per heavy atom. The molecular weight excluding hydrogens is 508 g/mol. The molecule has 14 atom stereocenters. The molecule has 0 unspecified atom stereocenters. The number of hydrogen-bond donors (Lipinski definition) is 5. The van der Waals surface area contributed by atoms with Crippen molar-refractivity contribution in [3.8, 4) is 0 Å². The average Bonchev–Trinajstić information content (AvgIpc) is 3.26. The highest BCUT2D eigenvalue weighted by molar-refractivity contribution is 5.28. The largest absolute Gasteiger partial charge is 0.394 e. The topological polar surface area (TPSA) is 120 Å². The van der Waals surface area contributed by atoms with Crippen LogP contribution in [0.3, 0.4) is 0 Å². The lowest BCUT2D eigenvalue weighted by atomic mass is 9.46. The maximum atomic E-state index is 11.7. The Labute approximate surface area is 241 Å². The molecular formula is C33H56O7. The molecule has 4 aliphatic carbocycles. The van der Waals surface area contributed by atoms with Gasteiger partial charge in [0.05, 0.1) is 18.8 Å². The van der Waals surface area contributed by atoms with E-state index in [4.69, 9.17) is 9.47 Å². The van der Waals surface area contributed by atoms with Gasteiger partial charge in [-0.25, -0.2) is 0 Å². The molecule has 230 valence electrons. The Kier molecular flexibility index (Phi) is 9.16. The van der Waals surface area contributed by atoms with Crippen molar-refractivity contribution in [2.24, 2.45) is 46.3 Å². The zero-order valence-electron chi connectivity index (χ0n) is 25.4. The second-order valence-electron chi connectivity index (χ2n) is 15.1. The van der Waals surface area contributed by atoms with E-state index < -0.39 is 43.4 Å². The van der Waals surface area contributed by atoms with Crippen molar-refractivity contribution in [1.29, 1.82) is 0 Å². The second-order valence-corrected chi connectivity index (χ2v) is 15.1. The van der Waals surface area contributed by atoms with Crippen molar-refractivity contribution in [3.05, 3.63) is 11.6 Å². The minimum Gasteiger partial charge on any atom is -0.394 e. The van der Waals surface area contributed by atoms with E-state index >= 15 is 0 Å². The van der Waals surface area contributed by atoms with E-state index in [1.165, 1.54) is 44.1 Å². The van der Waals surface area contributed by atoms with Crippen LogP contribution in [0.15, 0.2) is 11.6 Å². The minimum atomic E-state index is -1.44. The monoisotopic (exact) mass is 564 g/mol. The lowest BCUT2D eigenvalue weighted by Crippen LogP contribution is -2.60. The summed E-state index contributed by atoms with van der Waals surface area (Å²) in [6.07, 6.45) is 6.47. The Morgan fingerprint density at radius 3 is 2.38 bits per heavy atom. The number of fused-ring (bicyclic) bond motifs is 5. The maximum absolute atomic E-state index is 11.7. The molecule has 0 bridgehead atoms. The van der Waals surface area contributed by atoms with E-state index in [2.05, 4.69) is 40.7 Å². The van der Waals surface area contributed by atoms with Crippen LogP contribution < -0.4 is 0 Å². The highest BCUT2D eigenvalue weighted by Gasteiger charge is 2.61. The van der Waals surface area contributed by atoms with Crippen LogP contribution in [0.25, 0.3) is 0 Å². The van der Waals surface area contributed by atoms with E-state index in [9.17, 15) is 25.5 Å². The van der Waals surface area contributed by atoms with E-state index in [1.807, 2.05) is 0 Å². The first-order valence-corrected chi connectivity index (χ1v) is 16.3. The Hall–Kier alpha value is -0.540. The number of aliphatic hydroxyl groups is 5. The zero-order valence-corrected chi connectivity index (χ0v) is 25.4. The standard InChI is InChI=1S/C33H56O7/c1-18(2)7-6-8-19(3)22-9-10-23-27-24(12-14-33(22,23)5)32(4)13-11-21(15-20(32)16-25(27)35)39-31-30(38)29(37)28(36)26(17-34)40-31/h16,18-19,21-31,34-38H,6-15,17H2,1-5H3/t19-,21+,22-,23+,24+,25+,26-,27+,28+,29+,30+,31+,32+,33-/m1/s1. The summed E-state index contributed by atoms with van der Waals surface area (Å²) in [6, 6.07) is 0. The van der Waals surface area contributed by atoms with Crippen LogP contribution in [-0.2, 0) is 9.47 Å². The van der Waals surface area contributed by atoms with Gasteiger partial charge in [-0.1, -0.05) is 65.5 Å². The average molecular weight is 565 g/mol. The number of rotatable bonds is 8. The number of hydrogen-bond acceptors (Lipinski definition) is 7. The molecule has 5 aliphatic rings. The molecule has 1 saturated heterocycles. The van der Waals surface area contributed by atoms with Crippen LogP contribution in [0.2, 0.25) is 0 Å². The van der Waals surface area contributed by atoms with Crippen LogP contribution in [0, 0.1) is 46.3 Å². The second kappa shape index (κ2) is 11.9. The summed E-state index contributed by atoms with van der Waals surface area (Å²) in [6.45, 7) is 11.6. The van der Waals surface area contributed by atoms with Gasteiger partial charge in [0.15, 0.2) is 6.29 Å². The molecule has 7 heteroatoms. The molecule has 5 N–H and O–H groups in total. The minimum absolute atomic E-state index is 0.0292. The fourth-order valence-electron chi connectivity index (χ4n) is 10.1. The molecule has 0 amide bonds. The molecule has 0 radical (unpaired) electrons. The van der Waals surface area contributed by atoms with E-state index in [-0.39, 0.29) is 11.5 Å². The smallest absolute Gasteiger partial charge is 0.186 e. The van der Waals surface area contributed by atoms with E-state index in [1.54, 1.807) is 0 Å². The molecule has 1 heterocycles. The summed E-state index contributed by atoms with van der Waals surface area (Å²) in [5.74, 6) is 3.59. The van der Waals surface area contributed by atoms with Crippen molar-refractivity contribution >= 4 is 0 Å². The van der Waals surface area contributed by atoms with Crippen molar-refractivity contribution in [2.75, 3.05) is 6.61 Å². The van der Waals surface area contributed by atoms with Gasteiger partial charge in [-0.3, -0.25) is 0 Å². The summed E-state index contributed by atoms with van der Waals surface area (Å²) in [4.78, 5) is 0.